The molecule has 0 aliphatic carbocycles. The van der Waals surface area contributed by atoms with E-state index in [9.17, 15) is 4.79 Å². The SMILES string of the molecule is C=CCNC(=O)CSC(N)=NN. The van der Waals surface area contributed by atoms with E-state index >= 15 is 0 Å². The van der Waals surface area contributed by atoms with Crippen LogP contribution in [0.2, 0.25) is 0 Å². The van der Waals surface area contributed by atoms with Crippen LogP contribution in [0.4, 0.5) is 0 Å². The molecule has 0 atom stereocenters. The third kappa shape index (κ3) is 5.60. The molecule has 0 saturated heterocycles. The predicted molar refractivity (Wildman–Crippen MR) is 51.5 cm³/mol. The normalized spacial score (nSPS) is 10.8. The van der Waals surface area contributed by atoms with Crippen LogP contribution in [0.3, 0.4) is 0 Å². The summed E-state index contributed by atoms with van der Waals surface area (Å²) < 4.78 is 0. The molecule has 5 nitrogen and oxygen atoms in total. The highest BCUT2D eigenvalue weighted by Gasteiger charge is 2.00. The van der Waals surface area contributed by atoms with Gasteiger partial charge in [-0.05, 0) is 0 Å². The number of carbonyl (C=O) groups is 1. The van der Waals surface area contributed by atoms with E-state index in [2.05, 4.69) is 17.0 Å². The highest BCUT2D eigenvalue weighted by atomic mass is 32.2. The fourth-order valence-electron chi connectivity index (χ4n) is 0.414. The van der Waals surface area contributed by atoms with Gasteiger partial charge in [0, 0.05) is 6.54 Å². The molecule has 12 heavy (non-hydrogen) atoms. The van der Waals surface area contributed by atoms with Gasteiger partial charge >= 0.3 is 0 Å². The van der Waals surface area contributed by atoms with Gasteiger partial charge in [-0.3, -0.25) is 4.79 Å². The molecule has 0 saturated carbocycles. The van der Waals surface area contributed by atoms with E-state index in [4.69, 9.17) is 11.6 Å². The number of thioether (sulfide) groups is 1. The van der Waals surface area contributed by atoms with E-state index in [-0.39, 0.29) is 16.8 Å². The fraction of sp³-hybridized carbons (Fsp3) is 0.333. The van der Waals surface area contributed by atoms with Crippen molar-refractivity contribution in [2.45, 2.75) is 0 Å². The molecule has 6 heteroatoms. The number of nitrogens with two attached hydrogens (primary N) is 2. The van der Waals surface area contributed by atoms with E-state index in [0.717, 1.165) is 11.8 Å². The van der Waals surface area contributed by atoms with E-state index in [1.165, 1.54) is 0 Å². The number of hydrogen-bond donors (Lipinski definition) is 3. The van der Waals surface area contributed by atoms with Gasteiger partial charge in [0.15, 0.2) is 5.17 Å². The Labute approximate surface area is 75.3 Å². The second-order valence-electron chi connectivity index (χ2n) is 1.85. The molecule has 0 aliphatic rings. The van der Waals surface area contributed by atoms with Crippen LogP contribution in [-0.4, -0.2) is 23.4 Å². The summed E-state index contributed by atoms with van der Waals surface area (Å²) in [7, 11) is 0. The number of hydrazone groups is 1. The summed E-state index contributed by atoms with van der Waals surface area (Å²) in [5.74, 6) is 4.96. The van der Waals surface area contributed by atoms with E-state index in [0.29, 0.717) is 6.54 Å². The molecule has 0 spiro atoms. The van der Waals surface area contributed by atoms with Crippen molar-refractivity contribution in [2.24, 2.45) is 16.7 Å². The highest BCUT2D eigenvalue weighted by Crippen LogP contribution is 1.96. The van der Waals surface area contributed by atoms with Crippen LogP contribution >= 0.6 is 11.8 Å². The standard InChI is InChI=1S/C6H12N4OS/c1-2-3-9-5(11)4-12-6(7)10-8/h2H,1,3-4,8H2,(H2,7,10)(H,9,11). The van der Waals surface area contributed by atoms with Crippen LogP contribution in [0.5, 0.6) is 0 Å². The number of rotatable bonds is 4. The third-order valence-corrected chi connectivity index (χ3v) is 1.73. The van der Waals surface area contributed by atoms with Gasteiger partial charge in [0.1, 0.15) is 0 Å². The zero-order valence-electron chi connectivity index (χ0n) is 6.62. The first kappa shape index (κ1) is 10.8. The Morgan fingerprint density at radius 2 is 2.42 bits per heavy atom. The van der Waals surface area contributed by atoms with Crippen LogP contribution in [0.15, 0.2) is 17.8 Å². The average Bonchev–Trinajstić information content (AvgIpc) is 2.10. The third-order valence-electron chi connectivity index (χ3n) is 0.922. The number of amides is 1. The maximum absolute atomic E-state index is 10.9. The van der Waals surface area contributed by atoms with Crippen LogP contribution in [0, 0.1) is 0 Å². The quantitative estimate of drug-likeness (QED) is 0.177. The fourth-order valence-corrected chi connectivity index (χ4v) is 0.869. The van der Waals surface area contributed by atoms with Crippen LogP contribution in [0.1, 0.15) is 0 Å². The van der Waals surface area contributed by atoms with Gasteiger partial charge in [-0.25, -0.2) is 0 Å². The minimum atomic E-state index is -0.119. The van der Waals surface area contributed by atoms with Gasteiger partial charge in [0.2, 0.25) is 5.91 Å². The molecule has 0 aromatic carbocycles. The van der Waals surface area contributed by atoms with Crippen molar-refractivity contribution in [3.63, 3.8) is 0 Å². The largest absolute Gasteiger partial charge is 0.377 e. The van der Waals surface area contributed by atoms with Gasteiger partial charge in [0.05, 0.1) is 5.75 Å². The maximum atomic E-state index is 10.9. The summed E-state index contributed by atoms with van der Waals surface area (Å²) in [4.78, 5) is 10.9. The molecule has 68 valence electrons. The summed E-state index contributed by atoms with van der Waals surface area (Å²) in [5, 5.41) is 5.98. The van der Waals surface area contributed by atoms with Crippen molar-refractivity contribution >= 4 is 22.8 Å². The molecule has 0 radical (unpaired) electrons. The summed E-state index contributed by atoms with van der Waals surface area (Å²) in [6.45, 7) is 3.91. The molecule has 0 unspecified atom stereocenters. The Hall–Kier alpha value is -1.17. The monoisotopic (exact) mass is 188 g/mol. The number of amidine groups is 1. The van der Waals surface area contributed by atoms with Crippen molar-refractivity contribution < 1.29 is 4.79 Å². The van der Waals surface area contributed by atoms with Crippen molar-refractivity contribution in [3.05, 3.63) is 12.7 Å². The highest BCUT2D eigenvalue weighted by molar-refractivity contribution is 8.14. The Bertz CT molecular complexity index is 192. The molecule has 0 aliphatic heterocycles. The first-order valence-electron chi connectivity index (χ1n) is 3.24. The minimum Gasteiger partial charge on any atom is -0.377 e. The lowest BCUT2D eigenvalue weighted by Gasteiger charge is -2.00. The average molecular weight is 188 g/mol. The summed E-state index contributed by atoms with van der Waals surface area (Å²) in [6, 6.07) is 0. The van der Waals surface area contributed by atoms with E-state index in [1.807, 2.05) is 0 Å². The molecular formula is C6H12N4OS. The first-order valence-corrected chi connectivity index (χ1v) is 4.23. The summed E-state index contributed by atoms with van der Waals surface area (Å²) in [5.41, 5.74) is 5.24. The zero-order valence-corrected chi connectivity index (χ0v) is 7.43. The summed E-state index contributed by atoms with van der Waals surface area (Å²) >= 11 is 1.09. The van der Waals surface area contributed by atoms with Crippen LogP contribution < -0.4 is 16.9 Å². The second-order valence-corrected chi connectivity index (χ2v) is 2.84. The smallest absolute Gasteiger partial charge is 0.230 e. The Balaban J connectivity index is 3.50. The van der Waals surface area contributed by atoms with E-state index < -0.39 is 0 Å². The molecule has 0 aromatic heterocycles. The number of hydrogen-bond acceptors (Lipinski definition) is 4. The number of carbonyl (C=O) groups excluding carboxylic acids is 1. The molecular weight excluding hydrogens is 176 g/mol. The number of nitrogens with zero attached hydrogens (tertiary/aromatic N) is 1. The van der Waals surface area contributed by atoms with Gasteiger partial charge in [0.25, 0.3) is 0 Å². The predicted octanol–water partition coefficient (Wildman–Crippen LogP) is -0.790. The van der Waals surface area contributed by atoms with Gasteiger partial charge in [-0.1, -0.05) is 17.8 Å². The second kappa shape index (κ2) is 6.53. The topological polar surface area (TPSA) is 93.5 Å². The molecule has 0 fully saturated rings. The molecule has 1 amide bonds. The molecule has 0 bridgehead atoms. The molecule has 0 heterocycles. The zero-order chi connectivity index (χ0) is 9.40. The molecule has 5 N–H and O–H groups in total. The lowest BCUT2D eigenvalue weighted by atomic mass is 10.6. The van der Waals surface area contributed by atoms with Gasteiger partial charge in [-0.15, -0.1) is 6.58 Å². The minimum absolute atomic E-state index is 0.119. The van der Waals surface area contributed by atoms with Crippen molar-refractivity contribution in [1.82, 2.24) is 5.32 Å². The maximum Gasteiger partial charge on any atom is 0.230 e. The lowest BCUT2D eigenvalue weighted by Crippen LogP contribution is -2.26. The molecule has 0 rings (SSSR count). The van der Waals surface area contributed by atoms with Crippen LogP contribution in [-0.2, 0) is 4.79 Å². The van der Waals surface area contributed by atoms with Gasteiger partial charge in [-0.2, -0.15) is 5.10 Å². The van der Waals surface area contributed by atoms with Crippen molar-refractivity contribution in [2.75, 3.05) is 12.3 Å². The molecule has 0 aromatic rings. The Kier molecular flexibility index (Phi) is 5.90. The van der Waals surface area contributed by atoms with Gasteiger partial charge < -0.3 is 16.9 Å². The summed E-state index contributed by atoms with van der Waals surface area (Å²) in [6.07, 6.45) is 1.60. The number of nitrogens with one attached hydrogen (secondary N) is 1. The lowest BCUT2D eigenvalue weighted by molar-refractivity contribution is -0.118. The van der Waals surface area contributed by atoms with Crippen LogP contribution in [0.25, 0.3) is 0 Å². The van der Waals surface area contributed by atoms with Crippen molar-refractivity contribution in [1.29, 1.82) is 0 Å². The Morgan fingerprint density at radius 1 is 1.75 bits per heavy atom. The Morgan fingerprint density at radius 3 is 2.92 bits per heavy atom. The van der Waals surface area contributed by atoms with E-state index in [1.54, 1.807) is 6.08 Å². The van der Waals surface area contributed by atoms with Crippen molar-refractivity contribution in [3.8, 4) is 0 Å². The first-order chi connectivity index (χ1) is 5.70.